The van der Waals surface area contributed by atoms with E-state index in [0.29, 0.717) is 24.8 Å². The van der Waals surface area contributed by atoms with E-state index in [0.717, 1.165) is 25.1 Å². The van der Waals surface area contributed by atoms with Crippen molar-refractivity contribution in [2.24, 2.45) is 0 Å². The Morgan fingerprint density at radius 3 is 2.84 bits per heavy atom. The summed E-state index contributed by atoms with van der Waals surface area (Å²) in [6.45, 7) is 5.80. The van der Waals surface area contributed by atoms with Crippen LogP contribution in [0.1, 0.15) is 36.7 Å². The summed E-state index contributed by atoms with van der Waals surface area (Å²) >= 11 is 0. The van der Waals surface area contributed by atoms with E-state index < -0.39 is 6.10 Å². The molecule has 7 nitrogen and oxygen atoms in total. The largest absolute Gasteiger partial charge is 0.387 e. The van der Waals surface area contributed by atoms with E-state index in [1.54, 1.807) is 18.7 Å². The molecule has 0 unspecified atom stereocenters. The molecule has 1 N–H and O–H groups in total. The van der Waals surface area contributed by atoms with Gasteiger partial charge in [0, 0.05) is 39.5 Å². The highest BCUT2D eigenvalue weighted by molar-refractivity contribution is 5.73. The van der Waals surface area contributed by atoms with Crippen LogP contribution in [0.2, 0.25) is 0 Å². The number of β-amino-alcohol motifs (C(OH)–C–C–N with tert-alkyl or cyclic N) is 1. The first-order valence-electron chi connectivity index (χ1n) is 8.54. The number of carbonyl (C=O) groups is 1. The normalized spacial score (nSPS) is 19.1. The third kappa shape index (κ3) is 4.43. The molecule has 1 aromatic carbocycles. The number of hydrogen-bond donors (Lipinski definition) is 1. The number of nitrogens with zero attached hydrogens (tertiary/aromatic N) is 4. The first kappa shape index (κ1) is 17.6. The summed E-state index contributed by atoms with van der Waals surface area (Å²) in [4.78, 5) is 20.2. The van der Waals surface area contributed by atoms with E-state index >= 15 is 0 Å². The molecule has 2 aromatic rings. The molecule has 0 aliphatic carbocycles. The molecule has 25 heavy (non-hydrogen) atoms. The van der Waals surface area contributed by atoms with Crippen LogP contribution in [-0.4, -0.2) is 56.6 Å². The standard InChI is InChI=1S/C18H24N4O3/c1-13-19-18(20-25-13)12-22(14(2)23)16-8-9-21(10-16)11-17(24)15-6-4-3-5-7-15/h3-7,16-17,24H,8-12H2,1-2H3/t16-,17+/m1/s1. The molecule has 2 heterocycles. The van der Waals surface area contributed by atoms with Crippen molar-refractivity contribution in [1.82, 2.24) is 19.9 Å². The molecule has 1 amide bonds. The first-order chi connectivity index (χ1) is 12.0. The molecular formula is C18H24N4O3. The van der Waals surface area contributed by atoms with Crippen molar-refractivity contribution < 1.29 is 14.4 Å². The number of benzene rings is 1. The summed E-state index contributed by atoms with van der Waals surface area (Å²) < 4.78 is 4.99. The van der Waals surface area contributed by atoms with Gasteiger partial charge in [-0.1, -0.05) is 35.5 Å². The fraction of sp³-hybridized carbons (Fsp3) is 0.500. The van der Waals surface area contributed by atoms with Crippen molar-refractivity contribution in [1.29, 1.82) is 0 Å². The summed E-state index contributed by atoms with van der Waals surface area (Å²) in [7, 11) is 0. The number of aliphatic hydroxyl groups is 1. The van der Waals surface area contributed by atoms with Crippen LogP contribution in [0.4, 0.5) is 0 Å². The highest BCUT2D eigenvalue weighted by atomic mass is 16.5. The van der Waals surface area contributed by atoms with Gasteiger partial charge in [0.25, 0.3) is 0 Å². The quantitative estimate of drug-likeness (QED) is 0.856. The number of amides is 1. The average molecular weight is 344 g/mol. The van der Waals surface area contributed by atoms with E-state index in [-0.39, 0.29) is 11.9 Å². The predicted molar refractivity (Wildman–Crippen MR) is 91.5 cm³/mol. The van der Waals surface area contributed by atoms with Gasteiger partial charge >= 0.3 is 0 Å². The minimum Gasteiger partial charge on any atom is -0.387 e. The van der Waals surface area contributed by atoms with Crippen molar-refractivity contribution in [2.75, 3.05) is 19.6 Å². The molecule has 1 aromatic heterocycles. The molecule has 0 spiro atoms. The lowest BCUT2D eigenvalue weighted by atomic mass is 10.1. The smallest absolute Gasteiger partial charge is 0.223 e. The Bertz CT molecular complexity index is 703. The number of aliphatic hydroxyl groups excluding tert-OH is 1. The molecule has 0 saturated carbocycles. The highest BCUT2D eigenvalue weighted by Gasteiger charge is 2.31. The zero-order valence-corrected chi connectivity index (χ0v) is 14.6. The van der Waals surface area contributed by atoms with Gasteiger partial charge in [-0.2, -0.15) is 4.98 Å². The number of rotatable bonds is 6. The lowest BCUT2D eigenvalue weighted by Crippen LogP contribution is -2.41. The van der Waals surface area contributed by atoms with Crippen LogP contribution >= 0.6 is 0 Å². The fourth-order valence-electron chi connectivity index (χ4n) is 3.31. The molecule has 134 valence electrons. The van der Waals surface area contributed by atoms with Crippen molar-refractivity contribution in [3.05, 3.63) is 47.6 Å². The minimum atomic E-state index is -0.523. The highest BCUT2D eigenvalue weighted by Crippen LogP contribution is 2.21. The molecule has 0 bridgehead atoms. The Morgan fingerprint density at radius 1 is 1.44 bits per heavy atom. The summed E-state index contributed by atoms with van der Waals surface area (Å²) in [6.07, 6.45) is 0.350. The third-order valence-corrected chi connectivity index (χ3v) is 4.59. The van der Waals surface area contributed by atoms with Gasteiger partial charge in [-0.05, 0) is 12.0 Å². The SMILES string of the molecule is CC(=O)N(Cc1noc(C)n1)[C@@H]1CCN(C[C@H](O)c2ccccc2)C1. The molecule has 1 fully saturated rings. The van der Waals surface area contributed by atoms with Gasteiger partial charge in [0.05, 0.1) is 12.6 Å². The van der Waals surface area contributed by atoms with Gasteiger partial charge in [0.2, 0.25) is 11.8 Å². The maximum Gasteiger partial charge on any atom is 0.223 e. The Kier molecular flexibility index (Phi) is 5.45. The number of aromatic nitrogens is 2. The summed E-state index contributed by atoms with van der Waals surface area (Å²) in [5.74, 6) is 1.02. The second kappa shape index (κ2) is 7.76. The Balaban J connectivity index is 1.59. The molecule has 3 rings (SSSR count). The average Bonchev–Trinajstić information content (AvgIpc) is 3.22. The fourth-order valence-corrected chi connectivity index (χ4v) is 3.31. The lowest BCUT2D eigenvalue weighted by Gasteiger charge is -2.27. The molecule has 1 aliphatic heterocycles. The van der Waals surface area contributed by atoms with Gasteiger partial charge in [-0.25, -0.2) is 0 Å². The number of aryl methyl sites for hydroxylation is 1. The van der Waals surface area contributed by atoms with E-state index in [9.17, 15) is 9.90 Å². The lowest BCUT2D eigenvalue weighted by molar-refractivity contribution is -0.131. The van der Waals surface area contributed by atoms with Gasteiger partial charge < -0.3 is 14.5 Å². The molecular weight excluding hydrogens is 320 g/mol. The number of carbonyl (C=O) groups excluding carboxylic acids is 1. The number of likely N-dealkylation sites (tertiary alicyclic amines) is 1. The summed E-state index contributed by atoms with van der Waals surface area (Å²) in [5, 5.41) is 14.3. The van der Waals surface area contributed by atoms with Crippen LogP contribution in [0.25, 0.3) is 0 Å². The second-order valence-corrected chi connectivity index (χ2v) is 6.51. The van der Waals surface area contributed by atoms with Gasteiger partial charge in [-0.3, -0.25) is 9.69 Å². The van der Waals surface area contributed by atoms with Crippen LogP contribution in [-0.2, 0) is 11.3 Å². The maximum absolute atomic E-state index is 12.1. The van der Waals surface area contributed by atoms with E-state index in [1.807, 2.05) is 30.3 Å². The van der Waals surface area contributed by atoms with E-state index in [1.165, 1.54) is 0 Å². The second-order valence-electron chi connectivity index (χ2n) is 6.51. The van der Waals surface area contributed by atoms with Gasteiger partial charge in [-0.15, -0.1) is 0 Å². The van der Waals surface area contributed by atoms with Crippen molar-refractivity contribution in [2.45, 2.75) is 39.0 Å². The maximum atomic E-state index is 12.1. The van der Waals surface area contributed by atoms with Crippen LogP contribution in [0.3, 0.4) is 0 Å². The van der Waals surface area contributed by atoms with Crippen LogP contribution in [0.5, 0.6) is 0 Å². The van der Waals surface area contributed by atoms with E-state index in [2.05, 4.69) is 15.0 Å². The summed E-state index contributed by atoms with van der Waals surface area (Å²) in [6, 6.07) is 9.74. The number of hydrogen-bond acceptors (Lipinski definition) is 6. The topological polar surface area (TPSA) is 82.7 Å². The minimum absolute atomic E-state index is 0.00193. The Hall–Kier alpha value is -2.25. The van der Waals surface area contributed by atoms with Gasteiger partial charge in [0.15, 0.2) is 5.82 Å². The summed E-state index contributed by atoms with van der Waals surface area (Å²) in [5.41, 5.74) is 0.914. The predicted octanol–water partition coefficient (Wildman–Crippen LogP) is 1.53. The zero-order valence-electron chi connectivity index (χ0n) is 14.6. The zero-order chi connectivity index (χ0) is 17.8. The molecule has 7 heteroatoms. The van der Waals surface area contributed by atoms with Crippen molar-refractivity contribution in [3.8, 4) is 0 Å². The first-order valence-corrected chi connectivity index (χ1v) is 8.54. The van der Waals surface area contributed by atoms with Crippen LogP contribution in [0.15, 0.2) is 34.9 Å². The van der Waals surface area contributed by atoms with E-state index in [4.69, 9.17) is 4.52 Å². The Labute approximate surface area is 147 Å². The Morgan fingerprint density at radius 2 is 2.20 bits per heavy atom. The molecule has 0 radical (unpaired) electrons. The van der Waals surface area contributed by atoms with Crippen LogP contribution < -0.4 is 0 Å². The molecule has 1 saturated heterocycles. The third-order valence-electron chi connectivity index (χ3n) is 4.59. The monoisotopic (exact) mass is 344 g/mol. The van der Waals surface area contributed by atoms with Crippen LogP contribution in [0, 0.1) is 6.92 Å². The van der Waals surface area contributed by atoms with Crippen molar-refractivity contribution >= 4 is 5.91 Å². The molecule has 1 aliphatic rings. The van der Waals surface area contributed by atoms with Gasteiger partial charge in [0.1, 0.15) is 0 Å². The molecule has 2 atom stereocenters. The van der Waals surface area contributed by atoms with Crippen molar-refractivity contribution in [3.63, 3.8) is 0 Å².